The lowest BCUT2D eigenvalue weighted by Crippen LogP contribution is -2.25. The van der Waals surface area contributed by atoms with Crippen molar-refractivity contribution in [3.8, 4) is 12.3 Å². The molecule has 0 atom stereocenters. The van der Waals surface area contributed by atoms with E-state index in [0.29, 0.717) is 24.2 Å². The molecule has 0 unspecified atom stereocenters. The molecule has 2 aromatic rings. The fourth-order valence-corrected chi connectivity index (χ4v) is 4.32. The maximum atomic E-state index is 14.4. The molecule has 1 fully saturated rings. The van der Waals surface area contributed by atoms with Crippen molar-refractivity contribution in [2.45, 2.75) is 38.4 Å². The molecular weight excluding hydrogens is 488 g/mol. The van der Waals surface area contributed by atoms with Crippen molar-refractivity contribution in [3.05, 3.63) is 52.5 Å². The first-order valence-corrected chi connectivity index (χ1v) is 12.6. The van der Waals surface area contributed by atoms with Crippen molar-refractivity contribution in [3.63, 3.8) is 0 Å². The molecule has 2 N–H and O–H groups in total. The van der Waals surface area contributed by atoms with Crippen LogP contribution in [0.15, 0.2) is 24.3 Å². The summed E-state index contributed by atoms with van der Waals surface area (Å²) < 4.78 is 78.7. The van der Waals surface area contributed by atoms with Gasteiger partial charge in [0.15, 0.2) is 0 Å². The number of hydrogen-bond donors (Lipinski definition) is 2. The molecule has 1 amide bonds. The van der Waals surface area contributed by atoms with E-state index in [2.05, 4.69) is 16.2 Å². The summed E-state index contributed by atoms with van der Waals surface area (Å²) in [6.45, 7) is 1.12. The number of halogens is 4. The zero-order valence-corrected chi connectivity index (χ0v) is 19.7. The summed E-state index contributed by atoms with van der Waals surface area (Å²) in [5.74, 6) is 1.15. The van der Waals surface area contributed by atoms with E-state index < -0.39 is 33.6 Å². The largest absolute Gasteiger partial charge is 0.433 e. The number of hydrogen-bond acceptors (Lipinski definition) is 5. The normalized spacial score (nSPS) is 14.0. The lowest BCUT2D eigenvalue weighted by atomic mass is 10.1. The lowest BCUT2D eigenvalue weighted by Gasteiger charge is -2.21. The number of carbonyl (C=O) groups excluding carboxylic acids is 1. The van der Waals surface area contributed by atoms with Crippen LogP contribution in [0.25, 0.3) is 0 Å². The predicted octanol–water partition coefficient (Wildman–Crippen LogP) is 3.44. The molecule has 1 aromatic carbocycles. The van der Waals surface area contributed by atoms with E-state index in [1.54, 1.807) is 4.90 Å². The van der Waals surface area contributed by atoms with Crippen molar-refractivity contribution in [2.75, 3.05) is 29.0 Å². The number of nitrogens with one attached hydrogen (secondary N) is 2. The molecule has 1 saturated heterocycles. The van der Waals surface area contributed by atoms with E-state index in [4.69, 9.17) is 6.42 Å². The highest BCUT2D eigenvalue weighted by Gasteiger charge is 2.34. The van der Waals surface area contributed by atoms with Gasteiger partial charge in [-0.3, -0.25) is 9.52 Å². The van der Waals surface area contributed by atoms with E-state index in [0.717, 1.165) is 31.2 Å². The minimum Gasteiger partial charge on any atom is -0.356 e. The Morgan fingerprint density at radius 2 is 1.91 bits per heavy atom. The molecule has 1 aliphatic heterocycles. The Balaban J connectivity index is 1.67. The zero-order valence-electron chi connectivity index (χ0n) is 18.9. The molecule has 188 valence electrons. The summed E-state index contributed by atoms with van der Waals surface area (Å²) in [5.41, 5.74) is -0.503. The Kier molecular flexibility index (Phi) is 7.90. The molecule has 2 heterocycles. The monoisotopic (exact) mass is 512 g/mol. The van der Waals surface area contributed by atoms with Crippen molar-refractivity contribution in [1.82, 2.24) is 10.3 Å². The number of rotatable bonds is 8. The van der Waals surface area contributed by atoms with Gasteiger partial charge in [-0.25, -0.2) is 17.8 Å². The summed E-state index contributed by atoms with van der Waals surface area (Å²) in [7, 11) is -3.75. The van der Waals surface area contributed by atoms with Crippen LogP contribution in [-0.2, 0) is 34.0 Å². The molecule has 0 radical (unpaired) electrons. The molecule has 7 nitrogen and oxygen atoms in total. The number of sulfonamides is 1. The summed E-state index contributed by atoms with van der Waals surface area (Å²) >= 11 is 0. The van der Waals surface area contributed by atoms with Gasteiger partial charge in [0, 0.05) is 26.1 Å². The Bertz CT molecular complexity index is 1250. The van der Waals surface area contributed by atoms with Gasteiger partial charge in [-0.2, -0.15) is 13.2 Å². The summed E-state index contributed by atoms with van der Waals surface area (Å²) in [4.78, 5) is 18.0. The Hall–Kier alpha value is -3.33. The Morgan fingerprint density at radius 3 is 2.51 bits per heavy atom. The minimum atomic E-state index is -4.57. The van der Waals surface area contributed by atoms with Crippen LogP contribution in [-0.4, -0.2) is 38.7 Å². The van der Waals surface area contributed by atoms with Gasteiger partial charge in [-0.05, 0) is 48.6 Å². The van der Waals surface area contributed by atoms with Gasteiger partial charge in [-0.15, -0.1) is 6.42 Å². The van der Waals surface area contributed by atoms with Gasteiger partial charge in [0.1, 0.15) is 17.3 Å². The molecule has 35 heavy (non-hydrogen) atoms. The SMILES string of the molecule is C#Cc1cc(CNC(=O)CCc2ccc(C(F)(F)F)nc2N2CCCC2)cc(F)c1NS(C)(=O)=O. The van der Waals surface area contributed by atoms with Crippen LogP contribution in [0, 0.1) is 18.2 Å². The standard InChI is InChI=1S/C23H24F4N4O3S/c1-3-16-12-15(13-18(24)21(16)30-35(2,33)34)14-28-20(32)9-7-17-6-8-19(23(25,26)27)29-22(17)31-10-4-5-11-31/h1,6,8,12-13,30H,4-5,7,9-11,14H2,2H3,(H,28,32). The second-order valence-electron chi connectivity index (χ2n) is 8.17. The van der Waals surface area contributed by atoms with Gasteiger partial charge in [0.25, 0.3) is 0 Å². The summed E-state index contributed by atoms with van der Waals surface area (Å²) in [5, 5.41) is 2.61. The Morgan fingerprint density at radius 1 is 1.23 bits per heavy atom. The first-order chi connectivity index (χ1) is 16.4. The molecule has 0 aliphatic carbocycles. The molecule has 12 heteroatoms. The highest BCUT2D eigenvalue weighted by molar-refractivity contribution is 7.92. The number of aromatic nitrogens is 1. The van der Waals surface area contributed by atoms with E-state index in [1.807, 2.05) is 4.72 Å². The number of nitrogens with zero attached hydrogens (tertiary/aromatic N) is 2. The number of benzene rings is 1. The number of anilines is 2. The molecule has 3 rings (SSSR count). The number of aryl methyl sites for hydroxylation is 1. The second kappa shape index (κ2) is 10.5. The third kappa shape index (κ3) is 7.08. The number of terminal acetylenes is 1. The summed E-state index contributed by atoms with van der Waals surface area (Å²) in [6, 6.07) is 4.68. The number of carbonyl (C=O) groups is 1. The van der Waals surface area contributed by atoms with Crippen molar-refractivity contribution in [1.29, 1.82) is 0 Å². The van der Waals surface area contributed by atoms with Gasteiger partial charge in [-0.1, -0.05) is 12.0 Å². The summed E-state index contributed by atoms with van der Waals surface area (Å²) in [6.07, 6.45) is 3.51. The van der Waals surface area contributed by atoms with Crippen molar-refractivity contribution < 1.29 is 30.8 Å². The van der Waals surface area contributed by atoms with E-state index in [-0.39, 0.29) is 36.5 Å². The number of alkyl halides is 3. The fraction of sp³-hybridized carbons (Fsp3) is 0.391. The van der Waals surface area contributed by atoms with E-state index in [9.17, 15) is 30.8 Å². The van der Waals surface area contributed by atoms with Gasteiger partial charge >= 0.3 is 6.18 Å². The Labute approximate surface area is 201 Å². The highest BCUT2D eigenvalue weighted by Crippen LogP contribution is 2.32. The second-order valence-corrected chi connectivity index (χ2v) is 9.92. The minimum absolute atomic E-state index is 0.0217. The molecule has 0 spiro atoms. The van der Waals surface area contributed by atoms with E-state index >= 15 is 0 Å². The maximum absolute atomic E-state index is 14.4. The van der Waals surface area contributed by atoms with Crippen LogP contribution >= 0.6 is 0 Å². The molecular formula is C23H24F4N4O3S. The first-order valence-electron chi connectivity index (χ1n) is 10.7. The van der Waals surface area contributed by atoms with Gasteiger partial charge in [0.05, 0.1) is 17.5 Å². The molecule has 1 aromatic heterocycles. The van der Waals surface area contributed by atoms with E-state index in [1.165, 1.54) is 12.1 Å². The van der Waals surface area contributed by atoms with Gasteiger partial charge < -0.3 is 10.2 Å². The predicted molar refractivity (Wildman–Crippen MR) is 124 cm³/mol. The highest BCUT2D eigenvalue weighted by atomic mass is 32.2. The smallest absolute Gasteiger partial charge is 0.356 e. The first kappa shape index (κ1) is 26.3. The number of pyridine rings is 1. The molecule has 0 bridgehead atoms. The van der Waals surface area contributed by atoms with Crippen molar-refractivity contribution in [2.24, 2.45) is 0 Å². The average molecular weight is 513 g/mol. The average Bonchev–Trinajstić information content (AvgIpc) is 3.31. The topological polar surface area (TPSA) is 91.4 Å². The fourth-order valence-electron chi connectivity index (χ4n) is 3.74. The van der Waals surface area contributed by atoms with Crippen LogP contribution in [0.1, 0.15) is 41.6 Å². The van der Waals surface area contributed by atoms with Gasteiger partial charge in [0.2, 0.25) is 15.9 Å². The maximum Gasteiger partial charge on any atom is 0.433 e. The lowest BCUT2D eigenvalue weighted by molar-refractivity contribution is -0.141. The van der Waals surface area contributed by atoms with Crippen LogP contribution in [0.3, 0.4) is 0 Å². The van der Waals surface area contributed by atoms with Crippen molar-refractivity contribution >= 4 is 27.4 Å². The van der Waals surface area contributed by atoms with Crippen LogP contribution in [0.2, 0.25) is 0 Å². The quantitative estimate of drug-likeness (QED) is 0.418. The third-order valence-electron chi connectivity index (χ3n) is 5.36. The van der Waals surface area contributed by atoms with Crippen LogP contribution < -0.4 is 14.9 Å². The molecule has 0 saturated carbocycles. The van der Waals surface area contributed by atoms with Crippen LogP contribution in [0.4, 0.5) is 29.1 Å². The number of amides is 1. The third-order valence-corrected chi connectivity index (χ3v) is 5.93. The molecule has 1 aliphatic rings. The van der Waals surface area contributed by atoms with Crippen LogP contribution in [0.5, 0.6) is 0 Å². The zero-order chi connectivity index (χ0) is 25.8.